The smallest absolute Gasteiger partial charge is 0.258 e. The summed E-state index contributed by atoms with van der Waals surface area (Å²) in [5, 5.41) is 14.4. The number of fused-ring (bicyclic) bond motifs is 1. The normalized spacial score (nSPS) is 10.9. The van der Waals surface area contributed by atoms with Crippen molar-refractivity contribution in [1.29, 1.82) is 0 Å². The van der Waals surface area contributed by atoms with Crippen LogP contribution < -0.4 is 5.56 Å². The minimum absolute atomic E-state index is 0.0270. The number of H-pyrrole nitrogens is 1. The molecule has 0 unspecified atom stereocenters. The molecular weight excluding hydrogens is 248 g/mol. The summed E-state index contributed by atoms with van der Waals surface area (Å²) in [6.07, 6.45) is 1.29. The van der Waals surface area contributed by atoms with Gasteiger partial charge in [-0.1, -0.05) is 0 Å². The Morgan fingerprint density at radius 1 is 1.33 bits per heavy atom. The summed E-state index contributed by atoms with van der Waals surface area (Å²) in [5.41, 5.74) is 3.07. The second-order valence-corrected chi connectivity index (χ2v) is 4.84. The Labute approximate surface area is 107 Å². The Morgan fingerprint density at radius 2 is 2.17 bits per heavy atom. The van der Waals surface area contributed by atoms with Crippen molar-refractivity contribution in [1.82, 2.24) is 9.97 Å². The number of aryl methyl sites for hydroxylation is 1. The fourth-order valence-corrected chi connectivity index (χ4v) is 2.83. The molecule has 1 aromatic carbocycles. The molecule has 2 heterocycles. The summed E-state index contributed by atoms with van der Waals surface area (Å²) in [5.74, 6) is 0.0270. The molecule has 4 nitrogen and oxygen atoms in total. The van der Waals surface area contributed by atoms with E-state index in [4.69, 9.17) is 0 Å². The molecule has 2 aromatic heterocycles. The highest BCUT2D eigenvalue weighted by Crippen LogP contribution is 2.32. The Bertz CT molecular complexity index is 789. The topological polar surface area (TPSA) is 66.0 Å². The largest absolute Gasteiger partial charge is 0.506 e. The molecule has 0 spiro atoms. The zero-order valence-electron chi connectivity index (χ0n) is 9.60. The molecule has 0 amide bonds. The third kappa shape index (κ3) is 1.60. The Hall–Kier alpha value is -2.14. The van der Waals surface area contributed by atoms with Gasteiger partial charge in [0.2, 0.25) is 0 Å². The molecule has 3 aromatic rings. The number of aromatic nitrogens is 2. The van der Waals surface area contributed by atoms with Crippen LogP contribution in [0.4, 0.5) is 0 Å². The molecule has 2 N–H and O–H groups in total. The molecule has 0 saturated heterocycles. The summed E-state index contributed by atoms with van der Waals surface area (Å²) < 4.78 is 0. The van der Waals surface area contributed by atoms with E-state index in [0.717, 1.165) is 16.7 Å². The van der Waals surface area contributed by atoms with Crippen LogP contribution in [0.2, 0.25) is 0 Å². The van der Waals surface area contributed by atoms with Crippen molar-refractivity contribution in [3.8, 4) is 16.9 Å². The van der Waals surface area contributed by atoms with Gasteiger partial charge in [0.15, 0.2) is 0 Å². The van der Waals surface area contributed by atoms with Crippen LogP contribution in [0, 0.1) is 6.92 Å². The highest BCUT2D eigenvalue weighted by molar-refractivity contribution is 7.08. The van der Waals surface area contributed by atoms with Crippen molar-refractivity contribution in [3.05, 3.63) is 45.1 Å². The molecule has 0 aliphatic rings. The SMILES string of the molecule is Cc1cscc1-c1cc(O)c2nc[nH]c(=O)c2c1. The first-order valence-electron chi connectivity index (χ1n) is 5.40. The molecule has 0 fully saturated rings. The van der Waals surface area contributed by atoms with Crippen molar-refractivity contribution in [2.75, 3.05) is 0 Å². The molecule has 90 valence electrons. The molecule has 0 atom stereocenters. The van der Waals surface area contributed by atoms with Crippen LogP contribution in [0.25, 0.3) is 22.0 Å². The quantitative estimate of drug-likeness (QED) is 0.705. The molecule has 0 radical (unpaired) electrons. The lowest BCUT2D eigenvalue weighted by Gasteiger charge is -2.04. The minimum Gasteiger partial charge on any atom is -0.506 e. The molecule has 0 aliphatic heterocycles. The highest BCUT2D eigenvalue weighted by atomic mass is 32.1. The number of phenolic OH excluding ortho intramolecular Hbond substituents is 1. The van der Waals surface area contributed by atoms with Crippen molar-refractivity contribution in [2.45, 2.75) is 6.92 Å². The molecule has 0 bridgehead atoms. The van der Waals surface area contributed by atoms with Gasteiger partial charge in [-0.15, -0.1) is 0 Å². The summed E-state index contributed by atoms with van der Waals surface area (Å²) in [6.45, 7) is 2.00. The molecule has 18 heavy (non-hydrogen) atoms. The Balaban J connectivity index is 2.37. The minimum atomic E-state index is -0.245. The maximum absolute atomic E-state index is 11.7. The van der Waals surface area contributed by atoms with Gasteiger partial charge in [-0.25, -0.2) is 4.98 Å². The maximum atomic E-state index is 11.7. The van der Waals surface area contributed by atoms with Crippen molar-refractivity contribution < 1.29 is 5.11 Å². The van der Waals surface area contributed by atoms with Gasteiger partial charge in [-0.2, -0.15) is 11.3 Å². The third-order valence-corrected chi connectivity index (χ3v) is 3.75. The maximum Gasteiger partial charge on any atom is 0.258 e. The van der Waals surface area contributed by atoms with E-state index >= 15 is 0 Å². The molecule has 0 aliphatic carbocycles. The zero-order valence-corrected chi connectivity index (χ0v) is 10.4. The van der Waals surface area contributed by atoms with Gasteiger partial charge in [-0.05, 0) is 46.5 Å². The predicted octanol–water partition coefficient (Wildman–Crippen LogP) is 2.67. The van der Waals surface area contributed by atoms with Crippen LogP contribution in [0.1, 0.15) is 5.56 Å². The van der Waals surface area contributed by atoms with E-state index in [9.17, 15) is 9.90 Å². The van der Waals surface area contributed by atoms with Gasteiger partial charge in [0, 0.05) is 0 Å². The van der Waals surface area contributed by atoms with Crippen LogP contribution >= 0.6 is 11.3 Å². The average Bonchev–Trinajstić information content (AvgIpc) is 2.77. The summed E-state index contributed by atoms with van der Waals surface area (Å²) >= 11 is 1.59. The van der Waals surface area contributed by atoms with Crippen LogP contribution in [-0.2, 0) is 0 Å². The van der Waals surface area contributed by atoms with Crippen LogP contribution in [0.3, 0.4) is 0 Å². The number of aromatic amines is 1. The standard InChI is InChI=1S/C13H10N2O2S/c1-7-4-18-5-10(7)8-2-9-12(11(16)3-8)14-6-15-13(9)17/h2-6,16H,1H3,(H,14,15,17). The van der Waals surface area contributed by atoms with E-state index in [1.807, 2.05) is 17.7 Å². The number of hydrogen-bond acceptors (Lipinski definition) is 4. The second-order valence-electron chi connectivity index (χ2n) is 4.09. The predicted molar refractivity (Wildman–Crippen MR) is 72.1 cm³/mol. The van der Waals surface area contributed by atoms with E-state index in [0.29, 0.717) is 10.9 Å². The fourth-order valence-electron chi connectivity index (χ4n) is 1.97. The molecule has 3 rings (SSSR count). The lowest BCUT2D eigenvalue weighted by Crippen LogP contribution is -2.06. The summed E-state index contributed by atoms with van der Waals surface area (Å²) in [4.78, 5) is 18.2. The summed E-state index contributed by atoms with van der Waals surface area (Å²) in [6, 6.07) is 3.40. The second kappa shape index (κ2) is 3.96. The van der Waals surface area contributed by atoms with Gasteiger partial charge in [0.25, 0.3) is 5.56 Å². The Kier molecular flexibility index (Phi) is 2.41. The van der Waals surface area contributed by atoms with E-state index in [1.165, 1.54) is 6.33 Å². The average molecular weight is 258 g/mol. The number of hydrogen-bond donors (Lipinski definition) is 2. The van der Waals surface area contributed by atoms with Crippen molar-refractivity contribution in [3.63, 3.8) is 0 Å². The van der Waals surface area contributed by atoms with E-state index in [-0.39, 0.29) is 11.3 Å². The van der Waals surface area contributed by atoms with E-state index in [1.54, 1.807) is 23.5 Å². The van der Waals surface area contributed by atoms with Gasteiger partial charge >= 0.3 is 0 Å². The first-order valence-corrected chi connectivity index (χ1v) is 6.34. The van der Waals surface area contributed by atoms with Crippen LogP contribution in [0.5, 0.6) is 5.75 Å². The van der Waals surface area contributed by atoms with E-state index < -0.39 is 0 Å². The number of phenols is 1. The zero-order chi connectivity index (χ0) is 12.7. The van der Waals surface area contributed by atoms with Gasteiger partial charge in [0.05, 0.1) is 11.7 Å². The lowest BCUT2D eigenvalue weighted by molar-refractivity contribution is 0.480. The Morgan fingerprint density at radius 3 is 2.89 bits per heavy atom. The number of nitrogens with one attached hydrogen (secondary N) is 1. The van der Waals surface area contributed by atoms with Crippen molar-refractivity contribution in [2.24, 2.45) is 0 Å². The monoisotopic (exact) mass is 258 g/mol. The number of rotatable bonds is 1. The van der Waals surface area contributed by atoms with E-state index in [2.05, 4.69) is 9.97 Å². The summed E-state index contributed by atoms with van der Waals surface area (Å²) in [7, 11) is 0. The number of benzene rings is 1. The lowest BCUT2D eigenvalue weighted by atomic mass is 10.0. The van der Waals surface area contributed by atoms with Crippen molar-refractivity contribution >= 4 is 22.2 Å². The van der Waals surface area contributed by atoms with Gasteiger partial charge < -0.3 is 10.1 Å². The number of aromatic hydroxyl groups is 1. The molecule has 0 saturated carbocycles. The van der Waals surface area contributed by atoms with Crippen LogP contribution in [0.15, 0.2) is 34.0 Å². The molecule has 5 heteroatoms. The fraction of sp³-hybridized carbons (Fsp3) is 0.0769. The third-order valence-electron chi connectivity index (χ3n) is 2.89. The highest BCUT2D eigenvalue weighted by Gasteiger charge is 2.10. The molecular formula is C13H10N2O2S. The number of nitrogens with zero attached hydrogens (tertiary/aromatic N) is 1. The van der Waals surface area contributed by atoms with Gasteiger partial charge in [-0.3, -0.25) is 4.79 Å². The number of thiophene rings is 1. The van der Waals surface area contributed by atoms with Gasteiger partial charge in [0.1, 0.15) is 11.3 Å². The van der Waals surface area contributed by atoms with Crippen LogP contribution in [-0.4, -0.2) is 15.1 Å². The first-order chi connectivity index (χ1) is 8.66. The first kappa shape index (κ1) is 11.0.